The summed E-state index contributed by atoms with van der Waals surface area (Å²) in [5, 5.41) is 3.35. The zero-order chi connectivity index (χ0) is 21.0. The summed E-state index contributed by atoms with van der Waals surface area (Å²) in [6, 6.07) is 10.7. The van der Waals surface area contributed by atoms with E-state index in [1.165, 1.54) is 37.7 Å². The lowest BCUT2D eigenvalue weighted by Crippen LogP contribution is -2.53. The summed E-state index contributed by atoms with van der Waals surface area (Å²) in [5.41, 5.74) is 1.21. The first-order chi connectivity index (χ1) is 14.5. The van der Waals surface area contributed by atoms with Crippen molar-refractivity contribution in [3.63, 3.8) is 0 Å². The first kappa shape index (κ1) is 21.8. The Bertz CT molecular complexity index is 800. The highest BCUT2D eigenvalue weighted by atomic mass is 32.2. The normalized spacial score (nSPS) is 27.0. The number of piperazine rings is 1. The topological polar surface area (TPSA) is 69.7 Å². The fourth-order valence-corrected chi connectivity index (χ4v) is 7.13. The van der Waals surface area contributed by atoms with Crippen LogP contribution in [0, 0.1) is 5.92 Å². The Morgan fingerprint density at radius 2 is 1.70 bits per heavy atom. The van der Waals surface area contributed by atoms with Crippen LogP contribution in [0.4, 0.5) is 0 Å². The number of amides is 1. The summed E-state index contributed by atoms with van der Waals surface area (Å²) >= 11 is 0. The van der Waals surface area contributed by atoms with Gasteiger partial charge in [0, 0.05) is 32.2 Å². The monoisotopic (exact) mass is 433 g/mol. The van der Waals surface area contributed by atoms with Crippen LogP contribution in [0.1, 0.15) is 50.1 Å². The summed E-state index contributed by atoms with van der Waals surface area (Å²) in [5.74, 6) is 1.24. The smallest absolute Gasteiger partial charge is 0.234 e. The van der Waals surface area contributed by atoms with Crippen molar-refractivity contribution in [3.8, 4) is 0 Å². The number of rotatable bonds is 6. The highest BCUT2D eigenvalue weighted by Crippen LogP contribution is 2.34. The number of carbonyl (C=O) groups is 1. The molecule has 2 aliphatic heterocycles. The number of carbonyl (C=O) groups excluding carboxylic acids is 1. The quantitative estimate of drug-likeness (QED) is 0.745. The molecule has 4 rings (SSSR count). The first-order valence-corrected chi connectivity index (χ1v) is 13.3. The van der Waals surface area contributed by atoms with Gasteiger partial charge in [0.15, 0.2) is 9.84 Å². The predicted molar refractivity (Wildman–Crippen MR) is 119 cm³/mol. The molecule has 0 aromatic heterocycles. The molecule has 3 fully saturated rings. The molecule has 2 heterocycles. The predicted octanol–water partition coefficient (Wildman–Crippen LogP) is 2.23. The SMILES string of the molecule is O=C(CN1CCN(C2CCS(=O)(=O)C2)CC1)NC(c1ccccc1)C1CCCCC1. The van der Waals surface area contributed by atoms with Crippen LogP contribution in [0.5, 0.6) is 0 Å². The van der Waals surface area contributed by atoms with E-state index in [1.807, 2.05) is 6.07 Å². The van der Waals surface area contributed by atoms with Gasteiger partial charge in [0.25, 0.3) is 0 Å². The number of hydrogen-bond donors (Lipinski definition) is 1. The van der Waals surface area contributed by atoms with Crippen LogP contribution in [0.15, 0.2) is 30.3 Å². The third-order valence-corrected chi connectivity index (χ3v) is 8.85. The standard InChI is InChI=1S/C23H35N3O3S/c27-22(17-25-12-14-26(15-13-25)21-11-16-30(28,29)18-21)24-23(19-7-3-1-4-8-19)20-9-5-2-6-10-20/h1,3-4,7-8,20-21,23H,2,5-6,9-18H2,(H,24,27). The van der Waals surface area contributed by atoms with Crippen LogP contribution in [-0.4, -0.2) is 74.4 Å². The van der Waals surface area contributed by atoms with Gasteiger partial charge in [-0.15, -0.1) is 0 Å². The zero-order valence-electron chi connectivity index (χ0n) is 17.8. The summed E-state index contributed by atoms with van der Waals surface area (Å²) < 4.78 is 23.5. The molecule has 1 N–H and O–H groups in total. The molecule has 1 saturated carbocycles. The fraction of sp³-hybridized carbons (Fsp3) is 0.696. The molecule has 0 spiro atoms. The number of benzene rings is 1. The maximum atomic E-state index is 12.9. The number of hydrogen-bond acceptors (Lipinski definition) is 5. The van der Waals surface area contributed by atoms with Crippen LogP contribution >= 0.6 is 0 Å². The van der Waals surface area contributed by atoms with Crippen LogP contribution in [-0.2, 0) is 14.6 Å². The molecule has 2 atom stereocenters. The zero-order valence-corrected chi connectivity index (χ0v) is 18.7. The average Bonchev–Trinajstić information content (AvgIpc) is 3.13. The van der Waals surface area contributed by atoms with E-state index in [2.05, 4.69) is 39.4 Å². The maximum Gasteiger partial charge on any atom is 0.234 e. The van der Waals surface area contributed by atoms with Gasteiger partial charge < -0.3 is 5.32 Å². The molecular formula is C23H35N3O3S. The molecule has 3 aliphatic rings. The molecule has 2 unspecified atom stereocenters. The molecule has 7 heteroatoms. The van der Waals surface area contributed by atoms with E-state index in [0.717, 1.165) is 32.6 Å². The minimum atomic E-state index is -2.85. The van der Waals surface area contributed by atoms with E-state index < -0.39 is 9.84 Å². The van der Waals surface area contributed by atoms with Crippen molar-refractivity contribution in [2.45, 2.75) is 50.6 Å². The minimum absolute atomic E-state index is 0.101. The molecule has 1 amide bonds. The molecule has 30 heavy (non-hydrogen) atoms. The number of nitrogens with zero attached hydrogens (tertiary/aromatic N) is 2. The van der Waals surface area contributed by atoms with E-state index in [1.54, 1.807) is 0 Å². The number of nitrogens with one attached hydrogen (secondary N) is 1. The van der Waals surface area contributed by atoms with Crippen molar-refractivity contribution in [1.82, 2.24) is 15.1 Å². The third kappa shape index (κ3) is 5.62. The molecule has 2 saturated heterocycles. The second-order valence-electron chi connectivity index (χ2n) is 9.22. The Morgan fingerprint density at radius 1 is 1.00 bits per heavy atom. The van der Waals surface area contributed by atoms with Gasteiger partial charge in [-0.25, -0.2) is 8.42 Å². The maximum absolute atomic E-state index is 12.9. The Morgan fingerprint density at radius 3 is 2.33 bits per heavy atom. The van der Waals surface area contributed by atoms with Gasteiger partial charge in [-0.2, -0.15) is 0 Å². The average molecular weight is 434 g/mol. The molecule has 0 bridgehead atoms. The van der Waals surface area contributed by atoms with Gasteiger partial charge in [0.05, 0.1) is 24.1 Å². The van der Waals surface area contributed by atoms with Gasteiger partial charge in [-0.3, -0.25) is 14.6 Å². The summed E-state index contributed by atoms with van der Waals surface area (Å²) in [6.07, 6.45) is 6.93. The van der Waals surface area contributed by atoms with Crippen molar-refractivity contribution in [2.24, 2.45) is 5.92 Å². The van der Waals surface area contributed by atoms with Crippen molar-refractivity contribution in [3.05, 3.63) is 35.9 Å². The Balaban J connectivity index is 1.30. The van der Waals surface area contributed by atoms with Crippen LogP contribution in [0.3, 0.4) is 0 Å². The Hall–Kier alpha value is -1.44. The van der Waals surface area contributed by atoms with Gasteiger partial charge in [0.1, 0.15) is 0 Å². The summed E-state index contributed by atoms with van der Waals surface area (Å²) in [7, 11) is -2.85. The van der Waals surface area contributed by atoms with Crippen LogP contribution in [0.25, 0.3) is 0 Å². The van der Waals surface area contributed by atoms with Crippen molar-refractivity contribution < 1.29 is 13.2 Å². The number of sulfone groups is 1. The van der Waals surface area contributed by atoms with Crippen LogP contribution < -0.4 is 5.32 Å². The fourth-order valence-electron chi connectivity index (χ4n) is 5.37. The minimum Gasteiger partial charge on any atom is -0.348 e. The molecule has 6 nitrogen and oxygen atoms in total. The summed E-state index contributed by atoms with van der Waals surface area (Å²) in [6.45, 7) is 3.76. The van der Waals surface area contributed by atoms with E-state index in [0.29, 0.717) is 24.0 Å². The summed E-state index contributed by atoms with van der Waals surface area (Å²) in [4.78, 5) is 17.4. The molecule has 166 valence electrons. The van der Waals surface area contributed by atoms with Gasteiger partial charge >= 0.3 is 0 Å². The van der Waals surface area contributed by atoms with Gasteiger partial charge in [0.2, 0.25) is 5.91 Å². The van der Waals surface area contributed by atoms with Crippen molar-refractivity contribution in [1.29, 1.82) is 0 Å². The largest absolute Gasteiger partial charge is 0.348 e. The lowest BCUT2D eigenvalue weighted by molar-refractivity contribution is -0.124. The molecule has 0 radical (unpaired) electrons. The highest BCUT2D eigenvalue weighted by molar-refractivity contribution is 7.91. The van der Waals surface area contributed by atoms with E-state index in [4.69, 9.17) is 0 Å². The Labute approximate surface area is 180 Å². The van der Waals surface area contributed by atoms with E-state index in [-0.39, 0.29) is 18.0 Å². The van der Waals surface area contributed by atoms with Gasteiger partial charge in [-0.1, -0.05) is 49.6 Å². The van der Waals surface area contributed by atoms with E-state index >= 15 is 0 Å². The lowest BCUT2D eigenvalue weighted by Gasteiger charge is -2.38. The van der Waals surface area contributed by atoms with E-state index in [9.17, 15) is 13.2 Å². The lowest BCUT2D eigenvalue weighted by atomic mass is 9.81. The molecule has 1 aromatic rings. The van der Waals surface area contributed by atoms with Gasteiger partial charge in [-0.05, 0) is 30.7 Å². The first-order valence-electron chi connectivity index (χ1n) is 11.5. The van der Waals surface area contributed by atoms with Crippen LogP contribution in [0.2, 0.25) is 0 Å². The van der Waals surface area contributed by atoms with Crippen molar-refractivity contribution >= 4 is 15.7 Å². The van der Waals surface area contributed by atoms with Crippen molar-refractivity contribution in [2.75, 3.05) is 44.2 Å². The molecule has 1 aromatic carbocycles. The molecular weight excluding hydrogens is 398 g/mol. The Kier molecular flexibility index (Phi) is 7.11. The second kappa shape index (κ2) is 9.79. The second-order valence-corrected chi connectivity index (χ2v) is 11.5. The third-order valence-electron chi connectivity index (χ3n) is 7.10. The molecule has 1 aliphatic carbocycles. The highest BCUT2D eigenvalue weighted by Gasteiger charge is 2.34.